The standard InChI is InChI=1S/C10H5Cl2FN2/c11-7-5-9(12)14-15-10(7)6-3-1-2-4-8(6)13/h1-5H. The van der Waals surface area contributed by atoms with Gasteiger partial charge in [0.25, 0.3) is 0 Å². The van der Waals surface area contributed by atoms with Crippen LogP contribution < -0.4 is 0 Å². The van der Waals surface area contributed by atoms with Crippen molar-refractivity contribution in [2.75, 3.05) is 0 Å². The van der Waals surface area contributed by atoms with Gasteiger partial charge in [0, 0.05) is 5.56 Å². The van der Waals surface area contributed by atoms with Crippen LogP contribution in [0.2, 0.25) is 10.2 Å². The number of benzene rings is 1. The van der Waals surface area contributed by atoms with E-state index < -0.39 is 5.82 Å². The second kappa shape index (κ2) is 4.13. The summed E-state index contributed by atoms with van der Waals surface area (Å²) in [6, 6.07) is 7.64. The highest BCUT2D eigenvalue weighted by molar-refractivity contribution is 6.35. The van der Waals surface area contributed by atoms with Gasteiger partial charge < -0.3 is 0 Å². The molecule has 0 unspecified atom stereocenters. The van der Waals surface area contributed by atoms with E-state index in [1.165, 1.54) is 12.1 Å². The minimum atomic E-state index is -0.393. The smallest absolute Gasteiger partial charge is 0.153 e. The van der Waals surface area contributed by atoms with Crippen LogP contribution >= 0.6 is 23.2 Å². The number of hydrogen-bond acceptors (Lipinski definition) is 2. The molecule has 0 aliphatic rings. The van der Waals surface area contributed by atoms with Crippen molar-refractivity contribution in [1.29, 1.82) is 0 Å². The Balaban J connectivity index is 2.60. The Morgan fingerprint density at radius 1 is 1.07 bits per heavy atom. The van der Waals surface area contributed by atoms with E-state index >= 15 is 0 Å². The molecule has 0 atom stereocenters. The van der Waals surface area contributed by atoms with Gasteiger partial charge in [-0.3, -0.25) is 0 Å². The van der Waals surface area contributed by atoms with Gasteiger partial charge in [-0.1, -0.05) is 35.3 Å². The van der Waals surface area contributed by atoms with Crippen LogP contribution in [0.3, 0.4) is 0 Å². The van der Waals surface area contributed by atoms with E-state index in [1.807, 2.05) is 0 Å². The van der Waals surface area contributed by atoms with E-state index in [9.17, 15) is 4.39 Å². The lowest BCUT2D eigenvalue weighted by molar-refractivity contribution is 0.630. The molecule has 76 valence electrons. The topological polar surface area (TPSA) is 25.8 Å². The Labute approximate surface area is 95.7 Å². The fourth-order valence-corrected chi connectivity index (χ4v) is 1.63. The van der Waals surface area contributed by atoms with E-state index in [4.69, 9.17) is 23.2 Å². The highest BCUT2D eigenvalue weighted by Crippen LogP contribution is 2.28. The molecule has 0 N–H and O–H groups in total. The molecule has 0 aliphatic heterocycles. The van der Waals surface area contributed by atoms with Crippen LogP contribution in [0.1, 0.15) is 0 Å². The van der Waals surface area contributed by atoms with Crippen molar-refractivity contribution in [3.63, 3.8) is 0 Å². The van der Waals surface area contributed by atoms with Crippen LogP contribution in [-0.2, 0) is 0 Å². The number of aromatic nitrogens is 2. The maximum atomic E-state index is 13.4. The number of nitrogens with zero attached hydrogens (tertiary/aromatic N) is 2. The molecule has 15 heavy (non-hydrogen) atoms. The maximum Gasteiger partial charge on any atom is 0.153 e. The lowest BCUT2D eigenvalue weighted by atomic mass is 10.1. The molecular weight excluding hydrogens is 238 g/mol. The lowest BCUT2D eigenvalue weighted by Crippen LogP contribution is -1.91. The highest BCUT2D eigenvalue weighted by atomic mass is 35.5. The summed E-state index contributed by atoms with van der Waals surface area (Å²) in [6.07, 6.45) is 0. The predicted molar refractivity (Wildman–Crippen MR) is 57.4 cm³/mol. The first-order valence-electron chi connectivity index (χ1n) is 4.12. The molecule has 1 aromatic heterocycles. The van der Waals surface area contributed by atoms with Gasteiger partial charge in [0.15, 0.2) is 5.15 Å². The molecule has 2 rings (SSSR count). The van der Waals surface area contributed by atoms with E-state index in [1.54, 1.807) is 18.2 Å². The van der Waals surface area contributed by atoms with Gasteiger partial charge in [0.1, 0.15) is 11.5 Å². The second-order valence-corrected chi connectivity index (χ2v) is 3.64. The van der Waals surface area contributed by atoms with Crippen molar-refractivity contribution in [2.45, 2.75) is 0 Å². The molecule has 5 heteroatoms. The summed E-state index contributed by atoms with van der Waals surface area (Å²) >= 11 is 11.5. The molecule has 0 saturated heterocycles. The first kappa shape index (κ1) is 10.3. The zero-order chi connectivity index (χ0) is 10.8. The van der Waals surface area contributed by atoms with Gasteiger partial charge in [-0.15, -0.1) is 10.2 Å². The zero-order valence-electron chi connectivity index (χ0n) is 7.42. The fourth-order valence-electron chi connectivity index (χ4n) is 1.18. The van der Waals surface area contributed by atoms with E-state index in [-0.39, 0.29) is 10.2 Å². The fraction of sp³-hybridized carbons (Fsp3) is 0. The van der Waals surface area contributed by atoms with Crippen molar-refractivity contribution < 1.29 is 4.39 Å². The SMILES string of the molecule is Fc1ccccc1-c1nnc(Cl)cc1Cl. The average molecular weight is 243 g/mol. The third-order valence-electron chi connectivity index (χ3n) is 1.85. The first-order valence-corrected chi connectivity index (χ1v) is 4.87. The van der Waals surface area contributed by atoms with Crippen LogP contribution in [0.15, 0.2) is 30.3 Å². The van der Waals surface area contributed by atoms with Crippen LogP contribution in [0.5, 0.6) is 0 Å². The van der Waals surface area contributed by atoms with Crippen molar-refractivity contribution in [3.8, 4) is 11.3 Å². The van der Waals surface area contributed by atoms with E-state index in [2.05, 4.69) is 10.2 Å². The maximum absolute atomic E-state index is 13.4. The molecule has 0 amide bonds. The summed E-state index contributed by atoms with van der Waals surface area (Å²) in [7, 11) is 0. The number of rotatable bonds is 1. The summed E-state index contributed by atoms with van der Waals surface area (Å²) in [5.74, 6) is -0.393. The largest absolute Gasteiger partial charge is 0.206 e. The summed E-state index contributed by atoms with van der Waals surface area (Å²) in [4.78, 5) is 0. The van der Waals surface area contributed by atoms with Gasteiger partial charge in [-0.2, -0.15) is 0 Å². The van der Waals surface area contributed by atoms with Crippen LogP contribution in [0.4, 0.5) is 4.39 Å². The van der Waals surface area contributed by atoms with Gasteiger partial charge in [0.05, 0.1) is 5.02 Å². The zero-order valence-corrected chi connectivity index (χ0v) is 8.93. The predicted octanol–water partition coefficient (Wildman–Crippen LogP) is 3.59. The summed E-state index contributed by atoms with van der Waals surface area (Å²) in [6.45, 7) is 0. The van der Waals surface area contributed by atoms with Gasteiger partial charge in [-0.25, -0.2) is 4.39 Å². The van der Waals surface area contributed by atoms with Crippen molar-refractivity contribution in [1.82, 2.24) is 10.2 Å². The lowest BCUT2D eigenvalue weighted by Gasteiger charge is -2.03. The Kier molecular flexibility index (Phi) is 2.84. The Bertz CT molecular complexity index is 503. The van der Waals surface area contributed by atoms with Crippen LogP contribution in [0.25, 0.3) is 11.3 Å². The van der Waals surface area contributed by atoms with Gasteiger partial charge >= 0.3 is 0 Å². The highest BCUT2D eigenvalue weighted by Gasteiger charge is 2.10. The third-order valence-corrected chi connectivity index (χ3v) is 2.32. The second-order valence-electron chi connectivity index (χ2n) is 2.84. The average Bonchev–Trinajstić information content (AvgIpc) is 2.20. The normalized spacial score (nSPS) is 10.3. The van der Waals surface area contributed by atoms with E-state index in [0.29, 0.717) is 11.3 Å². The molecule has 2 nitrogen and oxygen atoms in total. The molecule has 0 saturated carbocycles. The Morgan fingerprint density at radius 3 is 2.47 bits per heavy atom. The van der Waals surface area contributed by atoms with Crippen LogP contribution in [0, 0.1) is 5.82 Å². The Hall–Kier alpha value is -1.19. The third kappa shape index (κ3) is 2.08. The van der Waals surface area contributed by atoms with Crippen LogP contribution in [-0.4, -0.2) is 10.2 Å². The van der Waals surface area contributed by atoms with Crippen molar-refractivity contribution in [3.05, 3.63) is 46.3 Å². The minimum Gasteiger partial charge on any atom is -0.206 e. The monoisotopic (exact) mass is 242 g/mol. The number of hydrogen-bond donors (Lipinski definition) is 0. The summed E-state index contributed by atoms with van der Waals surface area (Å²) in [5, 5.41) is 7.84. The van der Waals surface area contributed by atoms with Crippen molar-refractivity contribution in [2.24, 2.45) is 0 Å². The molecule has 2 aromatic rings. The molecule has 1 heterocycles. The molecule has 0 radical (unpaired) electrons. The molecule has 1 aromatic carbocycles. The summed E-state index contributed by atoms with van der Waals surface area (Å²) < 4.78 is 13.4. The van der Waals surface area contributed by atoms with E-state index in [0.717, 1.165) is 0 Å². The quantitative estimate of drug-likeness (QED) is 0.764. The van der Waals surface area contributed by atoms with Gasteiger partial charge in [0.2, 0.25) is 0 Å². The van der Waals surface area contributed by atoms with Crippen molar-refractivity contribution >= 4 is 23.2 Å². The molecule has 0 spiro atoms. The van der Waals surface area contributed by atoms with Gasteiger partial charge in [-0.05, 0) is 18.2 Å². The summed E-state index contributed by atoms with van der Waals surface area (Å²) in [5.41, 5.74) is 0.603. The molecule has 0 aliphatic carbocycles. The first-order chi connectivity index (χ1) is 7.18. The molecule has 0 bridgehead atoms. The number of halogens is 3. The molecular formula is C10H5Cl2FN2. The molecule has 0 fully saturated rings. The Morgan fingerprint density at radius 2 is 1.80 bits per heavy atom. The minimum absolute atomic E-state index is 0.181.